The van der Waals surface area contributed by atoms with Crippen LogP contribution in [0, 0.1) is 0 Å². The summed E-state index contributed by atoms with van der Waals surface area (Å²) in [5.41, 5.74) is 0. The Morgan fingerprint density at radius 2 is 0.429 bits per heavy atom. The Morgan fingerprint density at radius 1 is 0.429 bits per heavy atom. The van der Waals surface area contributed by atoms with Crippen LogP contribution in [0.1, 0.15) is 0 Å². The van der Waals surface area contributed by atoms with E-state index in [1.807, 2.05) is 0 Å². The predicted octanol–water partition coefficient (Wildman–Crippen LogP) is -11.7. The Balaban J connectivity index is 0. The molecule has 0 aromatic rings. The molecule has 0 atom stereocenters. The molecule has 0 unspecified atom stereocenters. The van der Waals surface area contributed by atoms with Crippen molar-refractivity contribution in [2.24, 2.45) is 0 Å². The van der Waals surface area contributed by atoms with Gasteiger partial charge >= 0.3 is 0 Å². The fourth-order valence-electron chi connectivity index (χ4n) is 0. The van der Waals surface area contributed by atoms with Crippen LogP contribution < -0.4 is 61.9 Å². The average molecular weight is 282 g/mol. The van der Waals surface area contributed by atoms with Crippen LogP contribution in [0.25, 0.3) is 0 Å². The summed E-state index contributed by atoms with van der Waals surface area (Å²) >= 11 is 0. The molecule has 0 spiro atoms. The van der Waals surface area contributed by atoms with E-state index < -0.39 is 0 Å². The topological polar surface area (TPSA) is 70.0 Å². The van der Waals surface area contributed by atoms with Crippen LogP contribution >= 0.6 is 0 Å². The molecule has 0 fully saturated rings. The maximum atomic E-state index is 0. The Hall–Kier alpha value is 1.74. The van der Waals surface area contributed by atoms with Crippen molar-refractivity contribution in [2.75, 3.05) is 0 Å². The van der Waals surface area contributed by atoms with Gasteiger partial charge in [-0.25, -0.2) is 0 Å². The standard InChI is InChI=1S/4ClH.2H3N.Pd/h4*1H;2*1H3;/p-4. The monoisotopic (exact) mass is 280 g/mol. The summed E-state index contributed by atoms with van der Waals surface area (Å²) in [5.74, 6) is 0. The molecule has 58 valence electrons. The minimum absolute atomic E-state index is 0. The van der Waals surface area contributed by atoms with Gasteiger partial charge in [-0.1, -0.05) is 0 Å². The van der Waals surface area contributed by atoms with Crippen molar-refractivity contribution in [3.63, 3.8) is 0 Å². The number of halogens is 4. The smallest absolute Gasteiger partial charge is 0 e. The van der Waals surface area contributed by atoms with Crippen LogP contribution in [0.2, 0.25) is 0 Å². The molecule has 7 heteroatoms. The number of hydrogen-bond acceptors (Lipinski definition) is 2. The summed E-state index contributed by atoms with van der Waals surface area (Å²) in [4.78, 5) is 0. The molecule has 0 heterocycles. The molecule has 0 amide bonds. The first kappa shape index (κ1) is 173. The fourth-order valence-corrected chi connectivity index (χ4v) is 0. The molecule has 0 aromatic carbocycles. The van der Waals surface area contributed by atoms with Gasteiger partial charge in [0.05, 0.1) is 0 Å². The zero-order chi connectivity index (χ0) is 0. The van der Waals surface area contributed by atoms with Crippen molar-refractivity contribution in [2.45, 2.75) is 0 Å². The first-order valence-electron chi connectivity index (χ1n) is 0. The first-order valence-corrected chi connectivity index (χ1v) is 0. The molecule has 6 N–H and O–H groups in total. The van der Waals surface area contributed by atoms with E-state index in [9.17, 15) is 0 Å². The van der Waals surface area contributed by atoms with E-state index >= 15 is 0 Å². The Labute approximate surface area is 82.0 Å². The fraction of sp³-hybridized carbons (Fsp3) is 0. The SMILES string of the molecule is N.N.[Cl-].[Cl-].[Cl-].[Cl-].[Pd]. The summed E-state index contributed by atoms with van der Waals surface area (Å²) in [5, 5.41) is 0. The number of hydrogen-bond donors (Lipinski definition) is 2. The van der Waals surface area contributed by atoms with Crippen molar-refractivity contribution in [3.8, 4) is 0 Å². The molecule has 0 saturated heterocycles. The molecule has 2 nitrogen and oxygen atoms in total. The van der Waals surface area contributed by atoms with Gasteiger partial charge in [-0.05, 0) is 0 Å². The molecule has 0 aliphatic carbocycles. The van der Waals surface area contributed by atoms with Crippen LogP contribution in [0.4, 0.5) is 0 Å². The summed E-state index contributed by atoms with van der Waals surface area (Å²) in [6.07, 6.45) is 0. The Bertz CT molecular complexity index is 9.65. The first-order chi connectivity index (χ1) is 0. The van der Waals surface area contributed by atoms with Gasteiger partial charge in [0, 0.05) is 20.4 Å². The van der Waals surface area contributed by atoms with Crippen LogP contribution in [-0.4, -0.2) is 0 Å². The van der Waals surface area contributed by atoms with E-state index in [1.54, 1.807) is 0 Å². The normalized spacial score (nSPS) is 0. The Morgan fingerprint density at radius 3 is 0.429 bits per heavy atom. The van der Waals surface area contributed by atoms with E-state index in [0.29, 0.717) is 0 Å². The van der Waals surface area contributed by atoms with Gasteiger partial charge in [0.1, 0.15) is 0 Å². The zero-order valence-corrected chi connectivity index (χ0v) is 7.82. The molecule has 0 rings (SSSR count). The van der Waals surface area contributed by atoms with E-state index in [1.165, 1.54) is 0 Å². The zero-order valence-electron chi connectivity index (χ0n) is 3.24. The van der Waals surface area contributed by atoms with E-state index in [0.717, 1.165) is 0 Å². The summed E-state index contributed by atoms with van der Waals surface area (Å²) < 4.78 is 0. The summed E-state index contributed by atoms with van der Waals surface area (Å²) in [6.45, 7) is 0. The van der Waals surface area contributed by atoms with Crippen molar-refractivity contribution < 1.29 is 70.1 Å². The molecule has 0 aromatic heterocycles. The van der Waals surface area contributed by atoms with Gasteiger partial charge in [0.15, 0.2) is 0 Å². The van der Waals surface area contributed by atoms with Gasteiger partial charge in [0.25, 0.3) is 0 Å². The molecule has 0 saturated carbocycles. The second-order valence-corrected chi connectivity index (χ2v) is 0. The minimum Gasteiger partial charge on any atom is -1.00 e. The quantitative estimate of drug-likeness (QED) is 0.433. The molecule has 0 radical (unpaired) electrons. The van der Waals surface area contributed by atoms with Crippen molar-refractivity contribution >= 4 is 0 Å². The second-order valence-electron chi connectivity index (χ2n) is 0. The van der Waals surface area contributed by atoms with Gasteiger partial charge in [0.2, 0.25) is 0 Å². The predicted molar refractivity (Wildman–Crippen MR) is 10.0 cm³/mol. The minimum atomic E-state index is 0. The van der Waals surface area contributed by atoms with E-state index in [4.69, 9.17) is 0 Å². The molecule has 0 aliphatic heterocycles. The molecular weight excluding hydrogens is 276 g/mol. The van der Waals surface area contributed by atoms with Crippen LogP contribution in [-0.2, 0) is 20.4 Å². The average Bonchev–Trinajstić information content (AvgIpc) is 0. The molecular formula is H6Cl4N2Pd-4. The van der Waals surface area contributed by atoms with Gasteiger partial charge in [-0.3, -0.25) is 0 Å². The van der Waals surface area contributed by atoms with E-state index in [-0.39, 0.29) is 82.4 Å². The van der Waals surface area contributed by atoms with Crippen molar-refractivity contribution in [1.29, 1.82) is 0 Å². The third kappa shape index (κ3) is 84.1. The maximum Gasteiger partial charge on any atom is 0 e. The second kappa shape index (κ2) is 116. The number of rotatable bonds is 0. The van der Waals surface area contributed by atoms with Crippen molar-refractivity contribution in [3.05, 3.63) is 0 Å². The Kier molecular flexibility index (Phi) is 2860. The third-order valence-electron chi connectivity index (χ3n) is 0. The largest absolute Gasteiger partial charge is 1.00 e. The molecule has 0 bridgehead atoms. The molecule has 0 aliphatic rings. The van der Waals surface area contributed by atoms with Crippen LogP contribution in [0.5, 0.6) is 0 Å². The van der Waals surface area contributed by atoms with Crippen LogP contribution in [0.15, 0.2) is 0 Å². The van der Waals surface area contributed by atoms with Crippen molar-refractivity contribution in [1.82, 2.24) is 12.3 Å². The van der Waals surface area contributed by atoms with Gasteiger partial charge < -0.3 is 61.9 Å². The van der Waals surface area contributed by atoms with Gasteiger partial charge in [-0.2, -0.15) is 0 Å². The third-order valence-corrected chi connectivity index (χ3v) is 0. The maximum absolute atomic E-state index is 0. The summed E-state index contributed by atoms with van der Waals surface area (Å²) in [6, 6.07) is 0. The summed E-state index contributed by atoms with van der Waals surface area (Å²) in [7, 11) is 0. The molecule has 7 heavy (non-hydrogen) atoms. The van der Waals surface area contributed by atoms with Gasteiger partial charge in [-0.15, -0.1) is 0 Å². The van der Waals surface area contributed by atoms with Crippen LogP contribution in [0.3, 0.4) is 0 Å². The van der Waals surface area contributed by atoms with E-state index in [2.05, 4.69) is 0 Å².